The van der Waals surface area contributed by atoms with E-state index in [9.17, 15) is 10.1 Å². The fourth-order valence-corrected chi connectivity index (χ4v) is 2.13. The van der Waals surface area contributed by atoms with Crippen molar-refractivity contribution in [3.05, 3.63) is 64.7 Å². The standard InChI is InChI=1S/C16H18N2O4/c19-12-10-17(14-6-2-1-3-7-14)11-13-22-16-9-5-4-8-15(16)18(20)21/h1-9,19H,10-13H2. The largest absolute Gasteiger partial charge is 0.485 e. The zero-order chi connectivity index (χ0) is 15.8. The summed E-state index contributed by atoms with van der Waals surface area (Å²) in [6, 6.07) is 15.9. The lowest BCUT2D eigenvalue weighted by atomic mass is 10.3. The van der Waals surface area contributed by atoms with Crippen molar-refractivity contribution >= 4 is 11.4 Å². The highest BCUT2D eigenvalue weighted by Gasteiger charge is 2.14. The maximum atomic E-state index is 10.9. The third-order valence-electron chi connectivity index (χ3n) is 3.17. The number of aliphatic hydroxyl groups is 1. The molecule has 0 spiro atoms. The molecule has 0 aliphatic rings. The maximum Gasteiger partial charge on any atom is 0.310 e. The number of hydrogen-bond acceptors (Lipinski definition) is 5. The maximum absolute atomic E-state index is 10.9. The molecule has 6 heteroatoms. The molecule has 0 aromatic heterocycles. The first-order chi connectivity index (χ1) is 10.7. The van der Waals surface area contributed by atoms with E-state index < -0.39 is 4.92 Å². The Bertz CT molecular complexity index is 604. The number of rotatable bonds is 8. The van der Waals surface area contributed by atoms with E-state index in [2.05, 4.69) is 0 Å². The van der Waals surface area contributed by atoms with Crippen LogP contribution in [0, 0.1) is 10.1 Å². The van der Waals surface area contributed by atoms with Gasteiger partial charge in [-0.2, -0.15) is 0 Å². The van der Waals surface area contributed by atoms with E-state index in [1.807, 2.05) is 35.2 Å². The summed E-state index contributed by atoms with van der Waals surface area (Å²) in [6.07, 6.45) is 0. The van der Waals surface area contributed by atoms with Gasteiger partial charge in [0.25, 0.3) is 0 Å². The minimum atomic E-state index is -0.460. The molecule has 0 saturated carbocycles. The van der Waals surface area contributed by atoms with Crippen molar-refractivity contribution in [3.8, 4) is 5.75 Å². The van der Waals surface area contributed by atoms with Crippen LogP contribution in [0.5, 0.6) is 5.75 Å². The van der Waals surface area contributed by atoms with E-state index >= 15 is 0 Å². The Morgan fingerprint density at radius 2 is 1.73 bits per heavy atom. The number of nitrogens with zero attached hydrogens (tertiary/aromatic N) is 2. The molecule has 2 aromatic rings. The number of aliphatic hydroxyl groups excluding tert-OH is 1. The minimum Gasteiger partial charge on any atom is -0.485 e. The fourth-order valence-electron chi connectivity index (χ4n) is 2.13. The average molecular weight is 302 g/mol. The summed E-state index contributed by atoms with van der Waals surface area (Å²) < 4.78 is 5.53. The van der Waals surface area contributed by atoms with Crippen LogP contribution in [-0.4, -0.2) is 36.3 Å². The van der Waals surface area contributed by atoms with Gasteiger partial charge in [-0.1, -0.05) is 30.3 Å². The molecule has 22 heavy (non-hydrogen) atoms. The Balaban J connectivity index is 1.98. The monoisotopic (exact) mass is 302 g/mol. The lowest BCUT2D eigenvalue weighted by Crippen LogP contribution is -2.31. The summed E-state index contributed by atoms with van der Waals surface area (Å²) in [6.45, 7) is 1.32. The zero-order valence-electron chi connectivity index (χ0n) is 12.1. The second kappa shape index (κ2) is 7.99. The minimum absolute atomic E-state index is 0.0282. The van der Waals surface area contributed by atoms with Crippen molar-refractivity contribution < 1.29 is 14.8 Å². The van der Waals surface area contributed by atoms with Crippen LogP contribution in [0.1, 0.15) is 0 Å². The van der Waals surface area contributed by atoms with Gasteiger partial charge >= 0.3 is 5.69 Å². The number of nitro benzene ring substituents is 1. The van der Waals surface area contributed by atoms with Crippen molar-refractivity contribution in [1.82, 2.24) is 0 Å². The molecule has 0 radical (unpaired) electrons. The molecular weight excluding hydrogens is 284 g/mol. The van der Waals surface area contributed by atoms with E-state index in [1.165, 1.54) is 6.07 Å². The number of hydrogen-bond donors (Lipinski definition) is 1. The summed E-state index contributed by atoms with van der Waals surface area (Å²) in [5, 5.41) is 20.1. The van der Waals surface area contributed by atoms with Gasteiger partial charge in [-0.3, -0.25) is 10.1 Å². The lowest BCUT2D eigenvalue weighted by molar-refractivity contribution is -0.385. The van der Waals surface area contributed by atoms with E-state index in [0.29, 0.717) is 19.7 Å². The van der Waals surface area contributed by atoms with Crippen molar-refractivity contribution in [2.24, 2.45) is 0 Å². The molecule has 0 heterocycles. The number of anilines is 1. The molecule has 0 bridgehead atoms. The van der Waals surface area contributed by atoms with Gasteiger partial charge in [-0.15, -0.1) is 0 Å². The highest BCUT2D eigenvalue weighted by Crippen LogP contribution is 2.25. The lowest BCUT2D eigenvalue weighted by Gasteiger charge is -2.23. The van der Waals surface area contributed by atoms with Crippen LogP contribution in [0.4, 0.5) is 11.4 Å². The molecule has 0 amide bonds. The summed E-state index contributed by atoms with van der Waals surface area (Å²) in [7, 11) is 0. The SMILES string of the molecule is O=[N+]([O-])c1ccccc1OCCN(CCO)c1ccccc1. The molecule has 1 N–H and O–H groups in total. The smallest absolute Gasteiger partial charge is 0.310 e. The van der Waals surface area contributed by atoms with Gasteiger partial charge in [0.15, 0.2) is 5.75 Å². The first-order valence-corrected chi connectivity index (χ1v) is 6.99. The molecule has 0 saturated heterocycles. The van der Waals surface area contributed by atoms with Gasteiger partial charge in [0.05, 0.1) is 18.1 Å². The van der Waals surface area contributed by atoms with Crippen LogP contribution in [0.3, 0.4) is 0 Å². The molecule has 0 unspecified atom stereocenters. The van der Waals surface area contributed by atoms with Crippen LogP contribution < -0.4 is 9.64 Å². The normalized spacial score (nSPS) is 10.2. The van der Waals surface area contributed by atoms with Crippen molar-refractivity contribution in [2.75, 3.05) is 31.2 Å². The molecule has 0 atom stereocenters. The Morgan fingerprint density at radius 1 is 1.05 bits per heavy atom. The van der Waals surface area contributed by atoms with Crippen molar-refractivity contribution in [3.63, 3.8) is 0 Å². The number of para-hydroxylation sites is 3. The summed E-state index contributed by atoms with van der Waals surface area (Å²) >= 11 is 0. The first kappa shape index (κ1) is 15.8. The topological polar surface area (TPSA) is 75.8 Å². The van der Waals surface area contributed by atoms with E-state index in [0.717, 1.165) is 5.69 Å². The van der Waals surface area contributed by atoms with Gasteiger partial charge in [-0.05, 0) is 18.2 Å². The van der Waals surface area contributed by atoms with Gasteiger partial charge in [-0.25, -0.2) is 0 Å². The number of benzene rings is 2. The third kappa shape index (κ3) is 4.20. The molecule has 2 aromatic carbocycles. The summed E-state index contributed by atoms with van der Waals surface area (Å²) in [5.41, 5.74) is 0.929. The molecule has 6 nitrogen and oxygen atoms in total. The number of ether oxygens (including phenoxy) is 1. The highest BCUT2D eigenvalue weighted by atomic mass is 16.6. The van der Waals surface area contributed by atoms with Crippen LogP contribution in [-0.2, 0) is 0 Å². The van der Waals surface area contributed by atoms with E-state index in [1.54, 1.807) is 18.2 Å². The van der Waals surface area contributed by atoms with Crippen LogP contribution in [0.25, 0.3) is 0 Å². The van der Waals surface area contributed by atoms with Crippen molar-refractivity contribution in [2.45, 2.75) is 0 Å². The summed E-state index contributed by atoms with van der Waals surface area (Å²) in [5.74, 6) is 0.254. The second-order valence-corrected chi connectivity index (χ2v) is 4.62. The quantitative estimate of drug-likeness (QED) is 0.599. The Kier molecular flexibility index (Phi) is 5.73. The molecule has 0 fully saturated rings. The van der Waals surface area contributed by atoms with Gasteiger partial charge in [0, 0.05) is 18.3 Å². The van der Waals surface area contributed by atoms with Gasteiger partial charge < -0.3 is 14.7 Å². The van der Waals surface area contributed by atoms with E-state index in [4.69, 9.17) is 9.84 Å². The predicted molar refractivity (Wildman–Crippen MR) is 84.3 cm³/mol. The molecule has 2 rings (SSSR count). The molecule has 116 valence electrons. The second-order valence-electron chi connectivity index (χ2n) is 4.62. The zero-order valence-corrected chi connectivity index (χ0v) is 12.1. The molecular formula is C16H18N2O4. The molecule has 0 aliphatic carbocycles. The predicted octanol–water partition coefficient (Wildman–Crippen LogP) is 2.47. The summed E-state index contributed by atoms with van der Waals surface area (Å²) in [4.78, 5) is 12.4. The Hall–Kier alpha value is -2.60. The number of nitro groups is 1. The third-order valence-corrected chi connectivity index (χ3v) is 3.17. The van der Waals surface area contributed by atoms with Crippen molar-refractivity contribution in [1.29, 1.82) is 0 Å². The Morgan fingerprint density at radius 3 is 2.41 bits per heavy atom. The fraction of sp³-hybridized carbons (Fsp3) is 0.250. The van der Waals surface area contributed by atoms with Gasteiger partial charge in [0.2, 0.25) is 0 Å². The highest BCUT2D eigenvalue weighted by molar-refractivity contribution is 5.47. The van der Waals surface area contributed by atoms with Crippen LogP contribution in [0.15, 0.2) is 54.6 Å². The Labute approximate surface area is 128 Å². The first-order valence-electron chi connectivity index (χ1n) is 6.99. The average Bonchev–Trinajstić information content (AvgIpc) is 2.55. The van der Waals surface area contributed by atoms with Crippen LogP contribution in [0.2, 0.25) is 0 Å². The van der Waals surface area contributed by atoms with Crippen LogP contribution >= 0.6 is 0 Å². The van der Waals surface area contributed by atoms with Gasteiger partial charge in [0.1, 0.15) is 6.61 Å². The van der Waals surface area contributed by atoms with E-state index in [-0.39, 0.29) is 18.0 Å². The molecule has 0 aliphatic heterocycles.